The Kier molecular flexibility index (Phi) is 3.48. The molecule has 0 unspecified atom stereocenters. The maximum absolute atomic E-state index is 12.1. The molecule has 1 heterocycles. The summed E-state index contributed by atoms with van der Waals surface area (Å²) in [5.41, 5.74) is -0.380. The minimum atomic E-state index is -2.80. The average molecular weight is 235 g/mol. The van der Waals surface area contributed by atoms with Gasteiger partial charge < -0.3 is 14.9 Å². The zero-order valence-corrected chi connectivity index (χ0v) is 8.09. The van der Waals surface area contributed by atoms with E-state index in [0.29, 0.717) is 4.68 Å². The molecule has 0 saturated heterocycles. The van der Waals surface area contributed by atoms with Crippen LogP contribution in [-0.2, 0) is 11.3 Å². The number of alkyl halides is 2. The zero-order valence-electron chi connectivity index (χ0n) is 8.09. The first kappa shape index (κ1) is 12.0. The summed E-state index contributed by atoms with van der Waals surface area (Å²) >= 11 is 0. The van der Waals surface area contributed by atoms with Gasteiger partial charge in [0.25, 0.3) is 6.43 Å². The van der Waals surface area contributed by atoms with Gasteiger partial charge in [0.05, 0.1) is 13.2 Å². The lowest BCUT2D eigenvalue weighted by atomic mass is 10.4. The van der Waals surface area contributed by atoms with Gasteiger partial charge in [-0.3, -0.25) is 0 Å². The van der Waals surface area contributed by atoms with Gasteiger partial charge in [0.15, 0.2) is 12.2 Å². The van der Waals surface area contributed by atoms with Crippen LogP contribution in [0.5, 0.6) is 0 Å². The van der Waals surface area contributed by atoms with Crippen LogP contribution in [0.25, 0.3) is 0 Å². The smallest absolute Gasteiger partial charge is 0.360 e. The van der Waals surface area contributed by atoms with Crippen molar-refractivity contribution in [2.24, 2.45) is 0 Å². The highest BCUT2D eigenvalue weighted by Gasteiger charge is 2.25. The Morgan fingerprint density at radius 3 is 2.81 bits per heavy atom. The quantitative estimate of drug-likeness (QED) is 0.438. The third kappa shape index (κ3) is 2.49. The molecule has 88 valence electrons. The highest BCUT2D eigenvalue weighted by atomic mass is 19.3. The van der Waals surface area contributed by atoms with Crippen molar-refractivity contribution < 1.29 is 23.2 Å². The number of methoxy groups -OCH3 is 1. The standard InChI is InChI=1S/C7H7F2N3O4/c1-16-7(13)4-2-6(12(14)15)11(10-4)3-5(8)9/h2,5H,3H2,1H3. The molecule has 0 aliphatic carbocycles. The lowest BCUT2D eigenvalue weighted by Gasteiger charge is -1.97. The summed E-state index contributed by atoms with van der Waals surface area (Å²) < 4.78 is 28.8. The first-order chi connectivity index (χ1) is 7.45. The predicted molar refractivity (Wildman–Crippen MR) is 46.2 cm³/mol. The van der Waals surface area contributed by atoms with Gasteiger partial charge in [0.2, 0.25) is 0 Å². The van der Waals surface area contributed by atoms with Crippen molar-refractivity contribution in [2.45, 2.75) is 13.0 Å². The molecule has 0 aromatic carbocycles. The molecule has 0 aliphatic heterocycles. The second kappa shape index (κ2) is 4.64. The fourth-order valence-electron chi connectivity index (χ4n) is 1.02. The Morgan fingerprint density at radius 2 is 2.38 bits per heavy atom. The minimum Gasteiger partial charge on any atom is -0.464 e. The number of aromatic nitrogens is 2. The fraction of sp³-hybridized carbons (Fsp3) is 0.429. The fourth-order valence-corrected chi connectivity index (χ4v) is 1.02. The number of carbonyl (C=O) groups is 1. The molecular weight excluding hydrogens is 228 g/mol. The van der Waals surface area contributed by atoms with Gasteiger partial charge in [-0.15, -0.1) is 4.68 Å². The van der Waals surface area contributed by atoms with Crippen LogP contribution in [0.1, 0.15) is 10.5 Å². The Balaban J connectivity index is 3.09. The molecule has 1 aromatic rings. The summed E-state index contributed by atoms with van der Waals surface area (Å²) in [5, 5.41) is 13.8. The van der Waals surface area contributed by atoms with Gasteiger partial charge in [0, 0.05) is 0 Å². The van der Waals surface area contributed by atoms with E-state index >= 15 is 0 Å². The molecule has 0 atom stereocenters. The molecule has 16 heavy (non-hydrogen) atoms. The summed E-state index contributed by atoms with van der Waals surface area (Å²) in [6.45, 7) is -0.951. The molecule has 9 heteroatoms. The Labute approximate surface area is 87.8 Å². The second-order valence-corrected chi connectivity index (χ2v) is 2.71. The molecule has 0 fully saturated rings. The van der Waals surface area contributed by atoms with Crippen LogP contribution in [0.2, 0.25) is 0 Å². The number of carbonyl (C=O) groups excluding carboxylic acids is 1. The van der Waals surface area contributed by atoms with Crippen LogP contribution in [0.15, 0.2) is 6.07 Å². The van der Waals surface area contributed by atoms with Gasteiger partial charge in [-0.05, 0) is 4.92 Å². The molecule has 0 aliphatic rings. The zero-order chi connectivity index (χ0) is 12.3. The van der Waals surface area contributed by atoms with E-state index in [4.69, 9.17) is 0 Å². The van der Waals surface area contributed by atoms with Gasteiger partial charge in [-0.25, -0.2) is 13.6 Å². The van der Waals surface area contributed by atoms with E-state index in [2.05, 4.69) is 9.84 Å². The number of rotatable bonds is 4. The van der Waals surface area contributed by atoms with Crippen LogP contribution < -0.4 is 0 Å². The van der Waals surface area contributed by atoms with Gasteiger partial charge in [0.1, 0.15) is 0 Å². The highest BCUT2D eigenvalue weighted by Crippen LogP contribution is 2.15. The largest absolute Gasteiger partial charge is 0.464 e. The topological polar surface area (TPSA) is 87.3 Å². The van der Waals surface area contributed by atoms with E-state index in [-0.39, 0.29) is 5.69 Å². The van der Waals surface area contributed by atoms with Gasteiger partial charge in [-0.1, -0.05) is 5.10 Å². The molecule has 7 nitrogen and oxygen atoms in total. The lowest BCUT2D eigenvalue weighted by Crippen LogP contribution is -2.12. The molecule has 0 amide bonds. The third-order valence-corrected chi connectivity index (χ3v) is 1.65. The number of halogens is 2. The van der Waals surface area contributed by atoms with Crippen molar-refractivity contribution in [3.05, 3.63) is 21.9 Å². The molecular formula is C7H7F2N3O4. The first-order valence-electron chi connectivity index (χ1n) is 4.04. The second-order valence-electron chi connectivity index (χ2n) is 2.71. The van der Waals surface area contributed by atoms with Crippen LogP contribution in [0, 0.1) is 10.1 Å². The van der Waals surface area contributed by atoms with Crippen LogP contribution >= 0.6 is 0 Å². The molecule has 0 bridgehead atoms. The number of nitro groups is 1. The van der Waals surface area contributed by atoms with Crippen molar-refractivity contribution in [3.63, 3.8) is 0 Å². The first-order valence-corrected chi connectivity index (χ1v) is 4.04. The summed E-state index contributed by atoms with van der Waals surface area (Å²) in [6, 6.07) is 0.786. The van der Waals surface area contributed by atoms with E-state index in [9.17, 15) is 23.7 Å². The molecule has 0 spiro atoms. The summed E-state index contributed by atoms with van der Waals surface area (Å²) in [7, 11) is 1.06. The van der Waals surface area contributed by atoms with E-state index in [1.807, 2.05) is 0 Å². The number of ether oxygens (including phenoxy) is 1. The summed E-state index contributed by atoms with van der Waals surface area (Å²) in [4.78, 5) is 20.6. The van der Waals surface area contributed by atoms with Crippen LogP contribution in [0.3, 0.4) is 0 Å². The summed E-state index contributed by atoms with van der Waals surface area (Å²) in [5.74, 6) is -1.60. The summed E-state index contributed by atoms with van der Waals surface area (Å²) in [6.07, 6.45) is -2.80. The van der Waals surface area contributed by atoms with Crippen molar-refractivity contribution in [1.82, 2.24) is 9.78 Å². The van der Waals surface area contributed by atoms with Crippen molar-refractivity contribution in [1.29, 1.82) is 0 Å². The number of hydrogen-bond acceptors (Lipinski definition) is 5. The molecule has 1 aromatic heterocycles. The number of esters is 1. The van der Waals surface area contributed by atoms with Gasteiger partial charge >= 0.3 is 11.8 Å². The molecule has 1 rings (SSSR count). The maximum atomic E-state index is 12.1. The number of nitrogens with zero attached hydrogens (tertiary/aromatic N) is 3. The van der Waals surface area contributed by atoms with Crippen LogP contribution in [-0.4, -0.2) is 34.2 Å². The minimum absolute atomic E-state index is 0.380. The van der Waals surface area contributed by atoms with E-state index in [0.717, 1.165) is 13.2 Å². The normalized spacial score (nSPS) is 10.5. The van der Waals surface area contributed by atoms with Gasteiger partial charge in [-0.2, -0.15) is 0 Å². The maximum Gasteiger partial charge on any atom is 0.360 e. The van der Waals surface area contributed by atoms with Crippen molar-refractivity contribution in [3.8, 4) is 0 Å². The van der Waals surface area contributed by atoms with Crippen molar-refractivity contribution in [2.75, 3.05) is 7.11 Å². The lowest BCUT2D eigenvalue weighted by molar-refractivity contribution is -0.393. The molecule has 0 N–H and O–H groups in total. The predicted octanol–water partition coefficient (Wildman–Crippen LogP) is 0.843. The third-order valence-electron chi connectivity index (χ3n) is 1.65. The SMILES string of the molecule is COC(=O)c1cc([N+](=O)[O-])n(CC(F)F)n1. The molecule has 0 radical (unpaired) electrons. The Morgan fingerprint density at radius 1 is 1.75 bits per heavy atom. The monoisotopic (exact) mass is 235 g/mol. The Bertz CT molecular complexity index is 418. The van der Waals surface area contributed by atoms with E-state index in [1.165, 1.54) is 0 Å². The van der Waals surface area contributed by atoms with E-state index < -0.39 is 29.7 Å². The molecule has 0 saturated carbocycles. The Hall–Kier alpha value is -2.06. The van der Waals surface area contributed by atoms with E-state index in [1.54, 1.807) is 0 Å². The van der Waals surface area contributed by atoms with Crippen LogP contribution in [0.4, 0.5) is 14.6 Å². The average Bonchev–Trinajstić information content (AvgIpc) is 2.59. The highest BCUT2D eigenvalue weighted by molar-refractivity contribution is 5.87. The van der Waals surface area contributed by atoms with Crippen molar-refractivity contribution >= 4 is 11.8 Å². The number of hydrogen-bond donors (Lipinski definition) is 0.